The first-order valence-electron chi connectivity index (χ1n) is 7.52. The molecule has 0 aliphatic carbocycles. The van der Waals surface area contributed by atoms with E-state index in [1.165, 1.54) is 13.8 Å². The van der Waals surface area contributed by atoms with Crippen molar-refractivity contribution in [3.8, 4) is 0 Å². The van der Waals surface area contributed by atoms with Crippen LogP contribution in [0.25, 0.3) is 0 Å². The summed E-state index contributed by atoms with van der Waals surface area (Å²) in [7, 11) is 11.1. The Bertz CT molecular complexity index is 221. The molecule has 0 bridgehead atoms. The van der Waals surface area contributed by atoms with Gasteiger partial charge >= 0.3 is 0 Å². The molecule has 0 saturated heterocycles. The summed E-state index contributed by atoms with van der Waals surface area (Å²) in [6.45, 7) is 12.3. The third-order valence-electron chi connectivity index (χ3n) is 3.24. The quantitative estimate of drug-likeness (QED) is 0.496. The molecular formula is C17H41B2F. The van der Waals surface area contributed by atoms with E-state index in [4.69, 9.17) is 18.4 Å². The van der Waals surface area contributed by atoms with Crippen LogP contribution in [0.15, 0.2) is 0 Å². The van der Waals surface area contributed by atoms with Crippen LogP contribution in [0.1, 0.15) is 86.3 Å². The highest BCUT2D eigenvalue weighted by atomic mass is 19.1. The average molecular weight is 288 g/mol. The maximum atomic E-state index is 13.2. The normalized spacial score (nSPS) is 20.4. The molecule has 0 heterocycles. The van der Waals surface area contributed by atoms with Gasteiger partial charge in [0.25, 0.3) is 0 Å². The lowest BCUT2D eigenvalue weighted by Crippen LogP contribution is -2.25. The van der Waals surface area contributed by atoms with Crippen LogP contribution in [0.5, 0.6) is 0 Å². The molecule has 0 spiro atoms. The van der Waals surface area contributed by atoms with Crippen LogP contribution in [-0.2, 0) is 0 Å². The van der Waals surface area contributed by atoms with Gasteiger partial charge in [-0.15, -0.1) is 0 Å². The van der Waals surface area contributed by atoms with E-state index < -0.39 is 11.5 Å². The Balaban J connectivity index is -0.0000000798. The molecule has 122 valence electrons. The second-order valence-corrected chi connectivity index (χ2v) is 5.33. The van der Waals surface area contributed by atoms with Crippen molar-refractivity contribution < 1.29 is 7.13 Å². The Kier molecular flexibility index (Phi) is 19.3. The largest absolute Gasteiger partial charge is 0.245 e. The van der Waals surface area contributed by atoms with Gasteiger partial charge in [-0.1, -0.05) is 75.5 Å². The lowest BCUT2D eigenvalue weighted by Gasteiger charge is -2.28. The molecule has 4 radical (unpaired) electrons. The summed E-state index contributed by atoms with van der Waals surface area (Å²) >= 11 is 0. The zero-order valence-electron chi connectivity index (χ0n) is 14.5. The monoisotopic (exact) mass is 288 g/mol. The Morgan fingerprint density at radius 1 is 0.950 bits per heavy atom. The van der Waals surface area contributed by atoms with E-state index in [0.717, 1.165) is 0 Å². The van der Waals surface area contributed by atoms with Crippen molar-refractivity contribution in [3.05, 3.63) is 0 Å². The molecule has 0 nitrogen and oxygen atoms in total. The minimum atomic E-state index is -1.38. The molecule has 0 saturated carbocycles. The molecule has 0 N–H and O–H groups in total. The average Bonchev–Trinajstić information content (AvgIpc) is 2.24. The van der Waals surface area contributed by atoms with Gasteiger partial charge in [0.05, 0.1) is 15.7 Å². The molecule has 6 atom stereocenters. The van der Waals surface area contributed by atoms with Gasteiger partial charge in [0.1, 0.15) is 5.67 Å². The van der Waals surface area contributed by atoms with E-state index in [9.17, 15) is 4.39 Å². The zero-order chi connectivity index (χ0) is 16.0. The van der Waals surface area contributed by atoms with Gasteiger partial charge in [0, 0.05) is 2.74 Å². The van der Waals surface area contributed by atoms with Gasteiger partial charge in [0.15, 0.2) is 0 Å². The summed E-state index contributed by atoms with van der Waals surface area (Å²) < 4.78 is 27.8. The molecule has 0 fully saturated rings. The van der Waals surface area contributed by atoms with Crippen LogP contribution in [0.2, 0.25) is 11.6 Å². The van der Waals surface area contributed by atoms with Crippen molar-refractivity contribution in [3.63, 3.8) is 0 Å². The molecule has 0 aromatic rings. The summed E-state index contributed by atoms with van der Waals surface area (Å²) in [5.41, 5.74) is -1.38. The highest BCUT2D eigenvalue weighted by Crippen LogP contribution is 2.32. The molecule has 0 rings (SSSR count). The lowest BCUT2D eigenvalue weighted by molar-refractivity contribution is 0.173. The zero-order valence-corrected chi connectivity index (χ0v) is 12.5. The number of hydrogen-bond acceptors (Lipinski definition) is 0. The Morgan fingerprint density at radius 3 is 1.30 bits per heavy atom. The summed E-state index contributed by atoms with van der Waals surface area (Å²) in [5, 5.41) is 0. The lowest BCUT2D eigenvalue weighted by atomic mass is 9.68. The van der Waals surface area contributed by atoms with E-state index in [2.05, 4.69) is 0 Å². The minimum absolute atomic E-state index is 0. The number of hydrogen-bond donors (Lipinski definition) is 0. The van der Waals surface area contributed by atoms with Crippen molar-refractivity contribution >= 4 is 15.7 Å². The Morgan fingerprint density at radius 2 is 1.25 bits per heavy atom. The van der Waals surface area contributed by atoms with Gasteiger partial charge in [-0.3, -0.25) is 0 Å². The van der Waals surface area contributed by atoms with Crippen molar-refractivity contribution in [2.75, 3.05) is 0 Å². The van der Waals surface area contributed by atoms with E-state index in [-0.39, 0.29) is 46.8 Å². The smallest absolute Gasteiger partial charge is 0.100 e. The maximum Gasteiger partial charge on any atom is 0.100 e. The number of alkyl halides is 1. The summed E-state index contributed by atoms with van der Waals surface area (Å²) in [4.78, 5) is 0. The van der Waals surface area contributed by atoms with Crippen molar-refractivity contribution in [1.82, 2.24) is 0 Å². The van der Waals surface area contributed by atoms with Gasteiger partial charge in [-0.2, -0.15) is 0 Å². The fourth-order valence-corrected chi connectivity index (χ4v) is 1.14. The van der Waals surface area contributed by atoms with Gasteiger partial charge < -0.3 is 0 Å². The minimum Gasteiger partial charge on any atom is -0.245 e. The molecule has 0 aromatic heterocycles. The first-order chi connectivity index (χ1) is 8.32. The molecule has 3 heteroatoms. The van der Waals surface area contributed by atoms with Crippen LogP contribution in [-0.4, -0.2) is 21.4 Å². The van der Waals surface area contributed by atoms with Crippen LogP contribution in [0, 0.1) is 11.8 Å². The van der Waals surface area contributed by atoms with Crippen molar-refractivity contribution in [2.24, 2.45) is 11.8 Å². The molecule has 20 heavy (non-hydrogen) atoms. The topological polar surface area (TPSA) is 0 Å². The first-order valence-corrected chi connectivity index (χ1v) is 6.36. The third-order valence-corrected chi connectivity index (χ3v) is 3.24. The Labute approximate surface area is 136 Å². The van der Waals surface area contributed by atoms with E-state index in [1.54, 1.807) is 6.92 Å². The SMILES string of the molecule is C.C.C.[2H]C(C)C(C)C([B])C.[2H]C(C)C(C)C([B])C(C)(C)F. The third kappa shape index (κ3) is 16.1. The molecule has 0 amide bonds. The number of halogens is 1. The van der Waals surface area contributed by atoms with Crippen LogP contribution < -0.4 is 0 Å². The standard InChI is InChI=1S/C8H16BF.C6H13B.3CH4/c1-5-6(2)7(9)8(3,4)10;1-4-5(2)6(3)7;;;/h6-7H,5H2,1-4H3;5-6H,4H2,1-3H3;3*1H4/i5D;4D;;;. The maximum absolute atomic E-state index is 13.2. The molecule has 0 aliphatic heterocycles. The van der Waals surface area contributed by atoms with Crippen LogP contribution in [0.3, 0.4) is 0 Å². The molecule has 6 unspecified atom stereocenters. The van der Waals surface area contributed by atoms with Gasteiger partial charge in [-0.25, -0.2) is 4.39 Å². The fraction of sp³-hybridized carbons (Fsp3) is 1.00. The van der Waals surface area contributed by atoms with Crippen molar-refractivity contribution in [2.45, 2.75) is 101 Å². The van der Waals surface area contributed by atoms with Crippen molar-refractivity contribution in [1.29, 1.82) is 0 Å². The fourth-order valence-electron chi connectivity index (χ4n) is 1.14. The highest BCUT2D eigenvalue weighted by molar-refractivity contribution is 6.12. The molecular weight excluding hydrogens is 245 g/mol. The molecule has 0 aromatic carbocycles. The van der Waals surface area contributed by atoms with Crippen LogP contribution in [0.4, 0.5) is 4.39 Å². The second kappa shape index (κ2) is 15.4. The second-order valence-electron chi connectivity index (χ2n) is 5.33. The van der Waals surface area contributed by atoms with Gasteiger partial charge in [-0.05, 0) is 31.5 Å². The summed E-state index contributed by atoms with van der Waals surface area (Å²) in [6, 6.07) is 0. The summed E-state index contributed by atoms with van der Waals surface area (Å²) in [6.07, 6.45) is -0.338. The molecule has 0 aliphatic rings. The predicted molar refractivity (Wildman–Crippen MR) is 99.0 cm³/mol. The van der Waals surface area contributed by atoms with Crippen LogP contribution >= 0.6 is 0 Å². The predicted octanol–water partition coefficient (Wildman–Crippen LogP) is 6.66. The highest BCUT2D eigenvalue weighted by Gasteiger charge is 2.27. The number of rotatable bonds is 5. The van der Waals surface area contributed by atoms with E-state index >= 15 is 0 Å². The Hall–Kier alpha value is 0.0599. The van der Waals surface area contributed by atoms with Gasteiger partial charge in [0.2, 0.25) is 0 Å². The first kappa shape index (κ1) is 25.0. The van der Waals surface area contributed by atoms with E-state index in [0.29, 0.717) is 5.92 Å². The van der Waals surface area contributed by atoms with E-state index in [1.807, 2.05) is 27.7 Å². The summed E-state index contributed by atoms with van der Waals surface area (Å²) in [5.74, 6) is -0.178.